The average Bonchev–Trinajstić information content (AvgIpc) is 2.72. The lowest BCUT2D eigenvalue weighted by Gasteiger charge is -2.20. The Labute approximate surface area is 177 Å². The molecule has 0 unspecified atom stereocenters. The highest BCUT2D eigenvalue weighted by Crippen LogP contribution is 2.29. The van der Waals surface area contributed by atoms with Crippen LogP contribution in [0, 0.1) is 5.41 Å². The van der Waals surface area contributed by atoms with Crippen molar-refractivity contribution in [2.45, 2.75) is 20.8 Å². The molecular formula is C23H28N2O5. The molecule has 0 aromatic heterocycles. The fraction of sp³-hybridized carbons (Fsp3) is 0.304. The number of carbonyl (C=O) groups excluding carboxylic acids is 2. The van der Waals surface area contributed by atoms with Gasteiger partial charge in [0, 0.05) is 5.41 Å². The molecule has 0 atom stereocenters. The molecule has 0 saturated carbocycles. The van der Waals surface area contributed by atoms with Gasteiger partial charge >= 0.3 is 0 Å². The zero-order valence-electron chi connectivity index (χ0n) is 18.2. The second kappa shape index (κ2) is 9.82. The molecule has 0 fully saturated rings. The van der Waals surface area contributed by atoms with Crippen molar-refractivity contribution in [3.63, 3.8) is 0 Å². The summed E-state index contributed by atoms with van der Waals surface area (Å²) in [5.41, 5.74) is 0.565. The molecule has 0 heterocycles. The van der Waals surface area contributed by atoms with Crippen molar-refractivity contribution in [1.29, 1.82) is 0 Å². The second-order valence-electron chi connectivity index (χ2n) is 7.53. The molecule has 0 saturated heterocycles. The van der Waals surface area contributed by atoms with Gasteiger partial charge in [-0.15, -0.1) is 0 Å². The lowest BCUT2D eigenvalue weighted by molar-refractivity contribution is -0.128. The van der Waals surface area contributed by atoms with Crippen molar-refractivity contribution in [3.8, 4) is 17.2 Å². The minimum atomic E-state index is -0.679. The second-order valence-corrected chi connectivity index (χ2v) is 7.53. The summed E-state index contributed by atoms with van der Waals surface area (Å²) in [5.74, 6) is 0.820. The van der Waals surface area contributed by atoms with Gasteiger partial charge in [0.1, 0.15) is 11.4 Å². The molecule has 0 bridgehead atoms. The summed E-state index contributed by atoms with van der Waals surface area (Å²) in [6.45, 7) is 5.32. The summed E-state index contributed by atoms with van der Waals surface area (Å²) in [7, 11) is 4.60. The van der Waals surface area contributed by atoms with E-state index in [9.17, 15) is 9.59 Å². The summed E-state index contributed by atoms with van der Waals surface area (Å²) in [6, 6.07) is 12.3. The van der Waals surface area contributed by atoms with Crippen LogP contribution in [0.2, 0.25) is 0 Å². The third-order valence-corrected chi connectivity index (χ3v) is 4.25. The van der Waals surface area contributed by atoms with Crippen LogP contribution in [0.15, 0.2) is 48.2 Å². The maximum absolute atomic E-state index is 13.0. The number of carbonyl (C=O) groups is 2. The van der Waals surface area contributed by atoms with Gasteiger partial charge in [-0.3, -0.25) is 9.59 Å². The van der Waals surface area contributed by atoms with E-state index in [0.717, 1.165) is 0 Å². The van der Waals surface area contributed by atoms with E-state index >= 15 is 0 Å². The Hall–Kier alpha value is -3.48. The third-order valence-electron chi connectivity index (χ3n) is 4.25. The average molecular weight is 412 g/mol. The normalized spacial score (nSPS) is 11.5. The highest BCUT2D eigenvalue weighted by Gasteiger charge is 2.24. The van der Waals surface area contributed by atoms with Gasteiger partial charge in [0.2, 0.25) is 5.91 Å². The number of methoxy groups -OCH3 is 3. The first-order chi connectivity index (χ1) is 14.2. The quantitative estimate of drug-likeness (QED) is 0.675. The van der Waals surface area contributed by atoms with Crippen LogP contribution in [0.25, 0.3) is 6.08 Å². The molecule has 0 aliphatic rings. The maximum atomic E-state index is 13.0. The smallest absolute Gasteiger partial charge is 0.272 e. The van der Waals surface area contributed by atoms with E-state index in [4.69, 9.17) is 14.2 Å². The highest BCUT2D eigenvalue weighted by atomic mass is 16.5. The first-order valence-corrected chi connectivity index (χ1v) is 9.39. The predicted molar refractivity (Wildman–Crippen MR) is 117 cm³/mol. The largest absolute Gasteiger partial charge is 0.495 e. The SMILES string of the molecule is COc1ccccc1NC(=O)/C(=C\c1ccc(OC)c(OC)c1)NC(=O)C(C)(C)C. The molecular weight excluding hydrogens is 384 g/mol. The Bertz CT molecular complexity index is 945. The molecule has 2 aromatic carbocycles. The fourth-order valence-corrected chi connectivity index (χ4v) is 2.52. The minimum absolute atomic E-state index is 0.0908. The van der Waals surface area contributed by atoms with Gasteiger partial charge in [0.15, 0.2) is 11.5 Å². The van der Waals surface area contributed by atoms with Gasteiger partial charge in [0.25, 0.3) is 5.91 Å². The lowest BCUT2D eigenvalue weighted by Crippen LogP contribution is -2.38. The molecule has 0 spiro atoms. The number of para-hydroxylation sites is 2. The predicted octanol–water partition coefficient (Wildman–Crippen LogP) is 3.85. The van der Waals surface area contributed by atoms with Crippen LogP contribution in [0.5, 0.6) is 17.2 Å². The van der Waals surface area contributed by atoms with Crippen LogP contribution >= 0.6 is 0 Å². The number of nitrogens with one attached hydrogen (secondary N) is 2. The van der Waals surface area contributed by atoms with E-state index in [2.05, 4.69) is 10.6 Å². The number of anilines is 1. The maximum Gasteiger partial charge on any atom is 0.272 e. The fourth-order valence-electron chi connectivity index (χ4n) is 2.52. The molecule has 0 aliphatic carbocycles. The summed E-state index contributed by atoms with van der Waals surface area (Å²) in [4.78, 5) is 25.6. The molecule has 7 nitrogen and oxygen atoms in total. The Morgan fingerprint density at radius 3 is 2.10 bits per heavy atom. The van der Waals surface area contributed by atoms with Crippen LogP contribution in [0.3, 0.4) is 0 Å². The van der Waals surface area contributed by atoms with Crippen molar-refractivity contribution in [3.05, 3.63) is 53.7 Å². The van der Waals surface area contributed by atoms with Crippen molar-refractivity contribution >= 4 is 23.6 Å². The monoisotopic (exact) mass is 412 g/mol. The van der Waals surface area contributed by atoms with Crippen molar-refractivity contribution in [1.82, 2.24) is 5.32 Å². The summed E-state index contributed by atoms with van der Waals surface area (Å²) >= 11 is 0. The molecule has 0 aliphatic heterocycles. The molecule has 160 valence electrons. The molecule has 7 heteroatoms. The first-order valence-electron chi connectivity index (χ1n) is 9.39. The summed E-state index contributed by atoms with van der Waals surface area (Å²) < 4.78 is 15.9. The zero-order valence-corrected chi connectivity index (χ0v) is 18.2. The summed E-state index contributed by atoms with van der Waals surface area (Å²) in [5, 5.41) is 5.51. The standard InChI is InChI=1S/C23H28N2O5/c1-23(2,3)22(27)25-17(13-15-11-12-19(29-5)20(14-15)30-6)21(26)24-16-9-7-8-10-18(16)28-4/h7-14H,1-6H3,(H,24,26)(H,25,27)/b17-13+. The number of ether oxygens (including phenoxy) is 3. The Morgan fingerprint density at radius 1 is 0.867 bits per heavy atom. The van der Waals surface area contributed by atoms with Crippen molar-refractivity contribution in [2.24, 2.45) is 5.41 Å². The van der Waals surface area contributed by atoms with Gasteiger partial charge in [-0.25, -0.2) is 0 Å². The van der Waals surface area contributed by atoms with E-state index in [1.807, 2.05) is 0 Å². The Balaban J connectivity index is 2.42. The van der Waals surface area contributed by atoms with E-state index in [-0.39, 0.29) is 11.6 Å². The minimum Gasteiger partial charge on any atom is -0.495 e. The van der Waals surface area contributed by atoms with Crippen LogP contribution in [-0.2, 0) is 9.59 Å². The van der Waals surface area contributed by atoms with E-state index in [1.54, 1.807) is 76.4 Å². The van der Waals surface area contributed by atoms with E-state index in [1.165, 1.54) is 14.2 Å². The number of hydrogen-bond donors (Lipinski definition) is 2. The van der Waals surface area contributed by atoms with Crippen molar-refractivity contribution in [2.75, 3.05) is 26.6 Å². The van der Waals surface area contributed by atoms with Gasteiger partial charge in [-0.05, 0) is 35.9 Å². The molecule has 2 aromatic rings. The van der Waals surface area contributed by atoms with Crippen LogP contribution in [0.4, 0.5) is 5.69 Å². The number of benzene rings is 2. The van der Waals surface area contributed by atoms with Gasteiger partial charge in [0.05, 0.1) is 27.0 Å². The van der Waals surface area contributed by atoms with E-state index in [0.29, 0.717) is 28.5 Å². The van der Waals surface area contributed by atoms with Crippen LogP contribution in [-0.4, -0.2) is 33.1 Å². The van der Waals surface area contributed by atoms with Gasteiger partial charge in [-0.2, -0.15) is 0 Å². The van der Waals surface area contributed by atoms with Crippen molar-refractivity contribution < 1.29 is 23.8 Å². The molecule has 30 heavy (non-hydrogen) atoms. The Kier molecular flexibility index (Phi) is 7.47. The topological polar surface area (TPSA) is 85.9 Å². The third kappa shape index (κ3) is 5.76. The summed E-state index contributed by atoms with van der Waals surface area (Å²) in [6.07, 6.45) is 1.58. The molecule has 2 amide bonds. The van der Waals surface area contributed by atoms with E-state index < -0.39 is 11.3 Å². The molecule has 0 radical (unpaired) electrons. The lowest BCUT2D eigenvalue weighted by atomic mass is 9.95. The first kappa shape index (κ1) is 22.8. The zero-order chi connectivity index (χ0) is 22.3. The molecule has 2 N–H and O–H groups in total. The number of hydrogen-bond acceptors (Lipinski definition) is 5. The van der Waals surface area contributed by atoms with Crippen LogP contribution < -0.4 is 24.8 Å². The number of amides is 2. The van der Waals surface area contributed by atoms with Gasteiger partial charge < -0.3 is 24.8 Å². The number of rotatable bonds is 7. The Morgan fingerprint density at radius 2 is 1.50 bits per heavy atom. The van der Waals surface area contributed by atoms with Gasteiger partial charge in [-0.1, -0.05) is 39.0 Å². The van der Waals surface area contributed by atoms with Crippen LogP contribution in [0.1, 0.15) is 26.3 Å². The highest BCUT2D eigenvalue weighted by molar-refractivity contribution is 6.09. The molecule has 2 rings (SSSR count).